The van der Waals surface area contributed by atoms with Crippen LogP contribution in [-0.2, 0) is 0 Å². The van der Waals surface area contributed by atoms with Crippen LogP contribution in [0.5, 0.6) is 0 Å². The fourth-order valence-corrected chi connectivity index (χ4v) is 2.87. The van der Waals surface area contributed by atoms with Gasteiger partial charge in [-0.25, -0.2) is 0 Å². The highest BCUT2D eigenvalue weighted by atomic mass is 79.9. The number of anilines is 3. The molecule has 6 heteroatoms. The van der Waals surface area contributed by atoms with Gasteiger partial charge in [0.1, 0.15) is 0 Å². The van der Waals surface area contributed by atoms with Gasteiger partial charge >= 0.3 is 0 Å². The van der Waals surface area contributed by atoms with Crippen molar-refractivity contribution in [1.82, 2.24) is 15.2 Å². The summed E-state index contributed by atoms with van der Waals surface area (Å²) in [5.41, 5.74) is 2.17. The average molecular weight is 348 g/mol. The molecule has 0 bridgehead atoms. The lowest BCUT2D eigenvalue weighted by molar-refractivity contribution is 0.738. The Hall–Kier alpha value is -1.69. The molecule has 0 unspecified atom stereocenters. The molecule has 0 amide bonds. The van der Waals surface area contributed by atoms with Crippen molar-refractivity contribution < 1.29 is 0 Å². The molecule has 0 radical (unpaired) electrons. The van der Waals surface area contributed by atoms with Gasteiger partial charge in [0.25, 0.3) is 0 Å². The Morgan fingerprint density at radius 1 is 1.24 bits per heavy atom. The topological polar surface area (TPSA) is 62.7 Å². The van der Waals surface area contributed by atoms with Crippen LogP contribution in [0.1, 0.15) is 31.2 Å². The molecule has 3 rings (SSSR count). The van der Waals surface area contributed by atoms with E-state index in [-0.39, 0.29) is 0 Å². The Labute approximate surface area is 132 Å². The molecule has 1 saturated carbocycles. The minimum atomic E-state index is 0.482. The van der Waals surface area contributed by atoms with E-state index in [0.717, 1.165) is 10.2 Å². The fourth-order valence-electron chi connectivity index (χ4n) is 2.50. The Balaban J connectivity index is 1.71. The third kappa shape index (κ3) is 3.69. The van der Waals surface area contributed by atoms with Gasteiger partial charge < -0.3 is 10.6 Å². The molecule has 110 valence electrons. The van der Waals surface area contributed by atoms with Crippen LogP contribution in [-0.4, -0.2) is 21.2 Å². The largest absolute Gasteiger partial charge is 0.350 e. The van der Waals surface area contributed by atoms with E-state index >= 15 is 0 Å². The van der Waals surface area contributed by atoms with E-state index in [1.54, 1.807) is 6.20 Å². The summed E-state index contributed by atoms with van der Waals surface area (Å²) >= 11 is 3.53. The number of hydrogen-bond acceptors (Lipinski definition) is 5. The summed E-state index contributed by atoms with van der Waals surface area (Å²) in [4.78, 5) is 4.47. The summed E-state index contributed by atoms with van der Waals surface area (Å²) in [6, 6.07) is 6.59. The average Bonchev–Trinajstić information content (AvgIpc) is 2.96. The van der Waals surface area contributed by atoms with E-state index in [1.807, 2.05) is 12.1 Å². The van der Waals surface area contributed by atoms with Gasteiger partial charge in [0.2, 0.25) is 5.95 Å². The number of nitrogens with zero attached hydrogens (tertiary/aromatic N) is 3. The minimum Gasteiger partial charge on any atom is -0.350 e. The third-order valence-corrected chi connectivity index (χ3v) is 4.55. The quantitative estimate of drug-likeness (QED) is 0.873. The zero-order valence-corrected chi connectivity index (χ0v) is 13.5. The number of nitrogens with one attached hydrogen (secondary N) is 2. The molecule has 0 atom stereocenters. The predicted octanol–water partition coefficient (Wildman–Crippen LogP) is 4.04. The lowest BCUT2D eigenvalue weighted by atomic mass is 10.2. The Bertz CT molecular complexity index is 625. The van der Waals surface area contributed by atoms with E-state index in [4.69, 9.17) is 0 Å². The van der Waals surface area contributed by atoms with E-state index in [2.05, 4.69) is 54.7 Å². The molecule has 1 heterocycles. The third-order valence-electron chi connectivity index (χ3n) is 3.69. The van der Waals surface area contributed by atoms with Crippen LogP contribution in [0.3, 0.4) is 0 Å². The SMILES string of the molecule is Cc1ccc(Nc2cnnc(NC3CCCC3)n2)cc1Br. The molecule has 21 heavy (non-hydrogen) atoms. The van der Waals surface area contributed by atoms with Crippen LogP contribution in [0.4, 0.5) is 17.5 Å². The van der Waals surface area contributed by atoms with Crippen molar-refractivity contribution in [3.8, 4) is 0 Å². The van der Waals surface area contributed by atoms with Crippen molar-refractivity contribution >= 4 is 33.4 Å². The van der Waals surface area contributed by atoms with Gasteiger partial charge in [0.05, 0.1) is 6.20 Å². The van der Waals surface area contributed by atoms with Crippen LogP contribution < -0.4 is 10.6 Å². The first kappa shape index (κ1) is 14.3. The first-order chi connectivity index (χ1) is 10.2. The van der Waals surface area contributed by atoms with Gasteiger partial charge in [-0.05, 0) is 37.5 Å². The maximum atomic E-state index is 4.47. The van der Waals surface area contributed by atoms with E-state index in [0.29, 0.717) is 17.8 Å². The molecule has 5 nitrogen and oxygen atoms in total. The van der Waals surface area contributed by atoms with Gasteiger partial charge in [-0.15, -0.1) is 5.10 Å². The fraction of sp³-hybridized carbons (Fsp3) is 0.400. The lowest BCUT2D eigenvalue weighted by Crippen LogP contribution is -2.17. The molecule has 0 aliphatic heterocycles. The van der Waals surface area contributed by atoms with Crippen molar-refractivity contribution in [3.63, 3.8) is 0 Å². The lowest BCUT2D eigenvalue weighted by Gasteiger charge is -2.12. The highest BCUT2D eigenvalue weighted by Gasteiger charge is 2.15. The van der Waals surface area contributed by atoms with Crippen LogP contribution in [0.25, 0.3) is 0 Å². The molecular weight excluding hydrogens is 330 g/mol. The maximum absolute atomic E-state index is 4.47. The summed E-state index contributed by atoms with van der Waals surface area (Å²) in [6.45, 7) is 2.06. The summed E-state index contributed by atoms with van der Waals surface area (Å²) < 4.78 is 1.07. The maximum Gasteiger partial charge on any atom is 0.244 e. The molecular formula is C15H18BrN5. The second kappa shape index (κ2) is 6.39. The highest BCUT2D eigenvalue weighted by Crippen LogP contribution is 2.24. The molecule has 2 N–H and O–H groups in total. The van der Waals surface area contributed by atoms with Crippen molar-refractivity contribution in [2.24, 2.45) is 0 Å². The smallest absolute Gasteiger partial charge is 0.244 e. The van der Waals surface area contributed by atoms with Crippen molar-refractivity contribution in [3.05, 3.63) is 34.4 Å². The Kier molecular flexibility index (Phi) is 4.34. The predicted molar refractivity (Wildman–Crippen MR) is 87.9 cm³/mol. The van der Waals surface area contributed by atoms with E-state index < -0.39 is 0 Å². The standard InChI is InChI=1S/C15H18BrN5/c1-10-6-7-12(8-13(10)16)18-14-9-17-21-15(20-14)19-11-4-2-3-5-11/h6-9,11H,2-5H2,1H3,(H2,18,19,20,21). The van der Waals surface area contributed by atoms with Gasteiger partial charge in [-0.1, -0.05) is 34.8 Å². The second-order valence-electron chi connectivity index (χ2n) is 5.38. The molecule has 0 spiro atoms. The van der Waals surface area contributed by atoms with Gasteiger partial charge in [-0.3, -0.25) is 0 Å². The highest BCUT2D eigenvalue weighted by molar-refractivity contribution is 9.10. The zero-order valence-electron chi connectivity index (χ0n) is 11.9. The van der Waals surface area contributed by atoms with Crippen LogP contribution in [0.2, 0.25) is 0 Å². The number of rotatable bonds is 4. The van der Waals surface area contributed by atoms with E-state index in [1.165, 1.54) is 31.2 Å². The second-order valence-corrected chi connectivity index (χ2v) is 6.23. The summed E-state index contributed by atoms with van der Waals surface area (Å²) in [5.74, 6) is 1.29. The normalized spacial score (nSPS) is 15.1. The molecule has 1 aliphatic rings. The zero-order chi connectivity index (χ0) is 14.7. The molecule has 0 saturated heterocycles. The van der Waals surface area contributed by atoms with Gasteiger partial charge in [-0.2, -0.15) is 10.1 Å². The van der Waals surface area contributed by atoms with Crippen molar-refractivity contribution in [1.29, 1.82) is 0 Å². The number of benzene rings is 1. The Morgan fingerprint density at radius 3 is 2.81 bits per heavy atom. The number of halogens is 1. The number of aryl methyl sites for hydroxylation is 1. The monoisotopic (exact) mass is 347 g/mol. The van der Waals surface area contributed by atoms with Crippen LogP contribution in [0, 0.1) is 6.92 Å². The molecule has 1 fully saturated rings. The Morgan fingerprint density at radius 2 is 2.05 bits per heavy atom. The van der Waals surface area contributed by atoms with Crippen molar-refractivity contribution in [2.75, 3.05) is 10.6 Å². The summed E-state index contributed by atoms with van der Waals surface area (Å²) in [7, 11) is 0. The molecule has 1 aromatic carbocycles. The number of hydrogen-bond donors (Lipinski definition) is 2. The minimum absolute atomic E-state index is 0.482. The van der Waals surface area contributed by atoms with Gasteiger partial charge in [0, 0.05) is 16.2 Å². The van der Waals surface area contributed by atoms with Crippen LogP contribution in [0.15, 0.2) is 28.9 Å². The molecule has 1 aliphatic carbocycles. The molecule has 1 aromatic heterocycles. The van der Waals surface area contributed by atoms with E-state index in [9.17, 15) is 0 Å². The summed E-state index contributed by atoms with van der Waals surface area (Å²) in [6.07, 6.45) is 6.56. The van der Waals surface area contributed by atoms with Crippen molar-refractivity contribution in [2.45, 2.75) is 38.6 Å². The molecule has 2 aromatic rings. The number of aromatic nitrogens is 3. The van der Waals surface area contributed by atoms with Crippen LogP contribution >= 0.6 is 15.9 Å². The first-order valence-corrected chi connectivity index (χ1v) is 7.99. The first-order valence-electron chi connectivity index (χ1n) is 7.20. The summed E-state index contributed by atoms with van der Waals surface area (Å²) in [5, 5.41) is 14.7. The van der Waals surface area contributed by atoms with Gasteiger partial charge in [0.15, 0.2) is 5.82 Å².